The third-order valence-corrected chi connectivity index (χ3v) is 2.37. The summed E-state index contributed by atoms with van der Waals surface area (Å²) in [5.41, 5.74) is 4.64. The van der Waals surface area contributed by atoms with E-state index < -0.39 is 0 Å². The van der Waals surface area contributed by atoms with E-state index in [0.717, 1.165) is 11.1 Å². The normalized spacial score (nSPS) is 10.6. The zero-order valence-corrected chi connectivity index (χ0v) is 7.62. The Bertz CT molecular complexity index is 393. The standard InChI is InChI=1S/C12H12O/c1-9-7-10(8-13)12-6-4-2-3-5-11(9)12/h2-7,13H,8H2,1H3. The Kier molecular flexibility index (Phi) is 2.03. The summed E-state index contributed by atoms with van der Waals surface area (Å²) in [5.74, 6) is 0. The maximum Gasteiger partial charge on any atom is 0.0687 e. The van der Waals surface area contributed by atoms with Gasteiger partial charge in [0.1, 0.15) is 0 Å². The molecular formula is C12H12O. The lowest BCUT2D eigenvalue weighted by atomic mass is 10.1. The van der Waals surface area contributed by atoms with Gasteiger partial charge in [-0.1, -0.05) is 36.4 Å². The first kappa shape index (κ1) is 8.27. The highest BCUT2D eigenvalue weighted by atomic mass is 16.3. The van der Waals surface area contributed by atoms with Crippen molar-refractivity contribution in [3.05, 3.63) is 47.5 Å². The topological polar surface area (TPSA) is 20.2 Å². The van der Waals surface area contributed by atoms with E-state index >= 15 is 0 Å². The first-order valence-corrected chi connectivity index (χ1v) is 4.41. The zero-order valence-electron chi connectivity index (χ0n) is 7.62. The number of fused-ring (bicyclic) bond motifs is 1. The molecule has 1 heteroatoms. The molecule has 1 N–H and O–H groups in total. The monoisotopic (exact) mass is 172 g/mol. The van der Waals surface area contributed by atoms with Gasteiger partial charge in [0, 0.05) is 0 Å². The van der Waals surface area contributed by atoms with Crippen molar-refractivity contribution in [3.8, 4) is 11.1 Å². The van der Waals surface area contributed by atoms with E-state index in [2.05, 4.69) is 13.0 Å². The molecule has 2 aliphatic carbocycles. The van der Waals surface area contributed by atoms with Crippen LogP contribution >= 0.6 is 0 Å². The van der Waals surface area contributed by atoms with Crippen molar-refractivity contribution in [2.45, 2.75) is 13.5 Å². The predicted molar refractivity (Wildman–Crippen MR) is 53.7 cm³/mol. The van der Waals surface area contributed by atoms with Gasteiger partial charge in [-0.15, -0.1) is 0 Å². The van der Waals surface area contributed by atoms with Crippen molar-refractivity contribution >= 4 is 0 Å². The minimum Gasteiger partial charge on any atom is -0.392 e. The van der Waals surface area contributed by atoms with Crippen molar-refractivity contribution in [3.63, 3.8) is 0 Å². The maximum atomic E-state index is 9.13. The Morgan fingerprint density at radius 1 is 1.08 bits per heavy atom. The average Bonchev–Trinajstić information content (AvgIpc) is 2.38. The zero-order chi connectivity index (χ0) is 9.26. The van der Waals surface area contributed by atoms with Gasteiger partial charge in [0.25, 0.3) is 0 Å². The molecule has 0 unspecified atom stereocenters. The molecule has 0 aliphatic heterocycles. The molecular weight excluding hydrogens is 160 g/mol. The molecule has 0 atom stereocenters. The van der Waals surface area contributed by atoms with Crippen LogP contribution in [0.4, 0.5) is 0 Å². The molecule has 13 heavy (non-hydrogen) atoms. The minimum absolute atomic E-state index is 0.119. The second-order valence-corrected chi connectivity index (χ2v) is 3.25. The fourth-order valence-electron chi connectivity index (χ4n) is 1.72. The molecule has 66 valence electrons. The number of aliphatic hydroxyl groups is 1. The Hall–Kier alpha value is -1.34. The Labute approximate surface area is 78.0 Å². The molecule has 1 nitrogen and oxygen atoms in total. The van der Waals surface area contributed by atoms with Gasteiger partial charge in [0.2, 0.25) is 0 Å². The molecule has 0 heterocycles. The van der Waals surface area contributed by atoms with Crippen LogP contribution in [-0.4, -0.2) is 5.11 Å². The molecule has 2 rings (SSSR count). The molecule has 0 saturated carbocycles. The molecule has 0 spiro atoms. The van der Waals surface area contributed by atoms with E-state index in [1.54, 1.807) is 0 Å². The Balaban J connectivity index is 2.71. The lowest BCUT2D eigenvalue weighted by Crippen LogP contribution is -1.79. The van der Waals surface area contributed by atoms with E-state index in [9.17, 15) is 0 Å². The molecule has 0 aromatic heterocycles. The van der Waals surface area contributed by atoms with Crippen LogP contribution in [0.25, 0.3) is 11.1 Å². The van der Waals surface area contributed by atoms with E-state index in [4.69, 9.17) is 5.11 Å². The van der Waals surface area contributed by atoms with Gasteiger partial charge in [-0.3, -0.25) is 0 Å². The van der Waals surface area contributed by atoms with Crippen LogP contribution in [0.2, 0.25) is 0 Å². The van der Waals surface area contributed by atoms with Crippen LogP contribution in [0.5, 0.6) is 0 Å². The smallest absolute Gasteiger partial charge is 0.0687 e. The summed E-state index contributed by atoms with van der Waals surface area (Å²) < 4.78 is 0. The molecule has 0 amide bonds. The van der Waals surface area contributed by atoms with Gasteiger partial charge in [-0.2, -0.15) is 0 Å². The Morgan fingerprint density at radius 2 is 1.77 bits per heavy atom. The fourth-order valence-corrected chi connectivity index (χ4v) is 1.72. The highest BCUT2D eigenvalue weighted by molar-refractivity contribution is 5.74. The summed E-state index contributed by atoms with van der Waals surface area (Å²) >= 11 is 0. The van der Waals surface area contributed by atoms with E-state index in [1.807, 2.05) is 30.3 Å². The number of hydrogen-bond acceptors (Lipinski definition) is 1. The highest BCUT2D eigenvalue weighted by Gasteiger charge is 2.09. The average molecular weight is 172 g/mol. The van der Waals surface area contributed by atoms with Crippen LogP contribution in [-0.2, 0) is 6.61 Å². The van der Waals surface area contributed by atoms with Gasteiger partial charge in [-0.25, -0.2) is 0 Å². The third kappa shape index (κ3) is 1.31. The second kappa shape index (κ2) is 3.19. The summed E-state index contributed by atoms with van der Waals surface area (Å²) in [6.45, 7) is 2.19. The van der Waals surface area contributed by atoms with E-state index in [1.165, 1.54) is 11.1 Å². The molecule has 0 saturated heterocycles. The molecule has 0 bridgehead atoms. The van der Waals surface area contributed by atoms with Gasteiger partial charge in [0.15, 0.2) is 0 Å². The van der Waals surface area contributed by atoms with Crippen LogP contribution in [0.15, 0.2) is 36.4 Å². The van der Waals surface area contributed by atoms with Crippen molar-refractivity contribution < 1.29 is 5.11 Å². The lowest BCUT2D eigenvalue weighted by Gasteiger charge is -1.96. The molecule has 0 aromatic rings. The van der Waals surface area contributed by atoms with Crippen molar-refractivity contribution in [2.24, 2.45) is 0 Å². The largest absolute Gasteiger partial charge is 0.392 e. The second-order valence-electron chi connectivity index (χ2n) is 3.25. The summed E-state index contributed by atoms with van der Waals surface area (Å²) in [4.78, 5) is 0. The minimum atomic E-state index is 0.119. The number of aliphatic hydroxyl groups excluding tert-OH is 1. The number of aryl methyl sites for hydroxylation is 1. The van der Waals surface area contributed by atoms with Crippen LogP contribution in [0, 0.1) is 6.92 Å². The summed E-state index contributed by atoms with van der Waals surface area (Å²) in [6, 6.07) is 12.2. The van der Waals surface area contributed by atoms with E-state index in [-0.39, 0.29) is 6.61 Å². The number of rotatable bonds is 1. The van der Waals surface area contributed by atoms with Gasteiger partial charge >= 0.3 is 0 Å². The lowest BCUT2D eigenvalue weighted by molar-refractivity contribution is 0.282. The third-order valence-electron chi connectivity index (χ3n) is 2.37. The first-order chi connectivity index (χ1) is 6.33. The quantitative estimate of drug-likeness (QED) is 0.701. The molecule has 0 fully saturated rings. The predicted octanol–water partition coefficient (Wildman–Crippen LogP) is 2.59. The highest BCUT2D eigenvalue weighted by Crippen LogP contribution is 2.30. The van der Waals surface area contributed by atoms with Crippen molar-refractivity contribution in [1.82, 2.24) is 0 Å². The van der Waals surface area contributed by atoms with Crippen LogP contribution in [0.3, 0.4) is 0 Å². The molecule has 0 aromatic carbocycles. The fraction of sp³-hybridized carbons (Fsp3) is 0.167. The van der Waals surface area contributed by atoms with Crippen molar-refractivity contribution in [2.75, 3.05) is 0 Å². The maximum absolute atomic E-state index is 9.13. The van der Waals surface area contributed by atoms with Gasteiger partial charge in [0.05, 0.1) is 6.61 Å². The van der Waals surface area contributed by atoms with Gasteiger partial charge in [-0.05, 0) is 29.2 Å². The summed E-state index contributed by atoms with van der Waals surface area (Å²) in [7, 11) is 0. The van der Waals surface area contributed by atoms with Gasteiger partial charge < -0.3 is 5.11 Å². The SMILES string of the molecule is Cc1cc(CO)c2cccccc1-2. The summed E-state index contributed by atoms with van der Waals surface area (Å²) in [5, 5.41) is 9.13. The van der Waals surface area contributed by atoms with Crippen LogP contribution < -0.4 is 0 Å². The molecule has 2 aliphatic rings. The number of hydrogen-bond donors (Lipinski definition) is 1. The first-order valence-electron chi connectivity index (χ1n) is 4.41. The van der Waals surface area contributed by atoms with E-state index in [0.29, 0.717) is 0 Å². The van der Waals surface area contributed by atoms with Crippen molar-refractivity contribution in [1.29, 1.82) is 0 Å². The van der Waals surface area contributed by atoms with Crippen LogP contribution in [0.1, 0.15) is 11.1 Å². The summed E-state index contributed by atoms with van der Waals surface area (Å²) in [6.07, 6.45) is 0. The molecule has 0 radical (unpaired) electrons. The Morgan fingerprint density at radius 3 is 2.46 bits per heavy atom.